The van der Waals surface area contributed by atoms with Crippen LogP contribution < -0.4 is 10.9 Å². The van der Waals surface area contributed by atoms with Crippen LogP contribution in [0, 0.1) is 5.92 Å². The highest BCUT2D eigenvalue weighted by atomic mass is 32.1. The molecule has 9 heteroatoms. The number of carbonyl (C=O) groups is 1. The molecular weight excluding hydrogens is 368 g/mol. The molecule has 0 fully saturated rings. The minimum atomic E-state index is -0.677. The summed E-state index contributed by atoms with van der Waals surface area (Å²) in [5, 5.41) is 6.44. The normalized spacial score (nSPS) is 13.1. The van der Waals surface area contributed by atoms with E-state index < -0.39 is 17.7 Å². The zero-order valence-corrected chi connectivity index (χ0v) is 16.6. The molecule has 3 rings (SSSR count). The summed E-state index contributed by atoms with van der Waals surface area (Å²) >= 11 is 1.31. The standard InChI is InChI=1S/C18H22N4O4S/c1-9(2)13(26-17(24)22-18(3,4)5)15-20-11-6-12(10-7-19-25-8-10)27-14(11)16(23)21-15/h6-9,13H,1-5H3,(H,22,24)(H,20,21,23)/t13-/m0/s1. The van der Waals surface area contributed by atoms with Crippen LogP contribution in [-0.4, -0.2) is 26.8 Å². The average molecular weight is 390 g/mol. The molecule has 1 atom stereocenters. The van der Waals surface area contributed by atoms with Crippen molar-refractivity contribution < 1.29 is 14.1 Å². The first-order valence-electron chi connectivity index (χ1n) is 8.56. The average Bonchev–Trinajstić information content (AvgIpc) is 3.19. The summed E-state index contributed by atoms with van der Waals surface area (Å²) in [5.41, 5.74) is 0.623. The molecule has 0 bridgehead atoms. The van der Waals surface area contributed by atoms with Crippen molar-refractivity contribution >= 4 is 27.6 Å². The van der Waals surface area contributed by atoms with Gasteiger partial charge in [0.25, 0.3) is 5.56 Å². The molecule has 0 radical (unpaired) electrons. The molecule has 144 valence electrons. The Morgan fingerprint density at radius 1 is 1.37 bits per heavy atom. The lowest BCUT2D eigenvalue weighted by molar-refractivity contribution is 0.0604. The van der Waals surface area contributed by atoms with Crippen LogP contribution in [0.1, 0.15) is 46.5 Å². The van der Waals surface area contributed by atoms with E-state index in [1.54, 1.807) is 12.3 Å². The molecule has 3 heterocycles. The van der Waals surface area contributed by atoms with Gasteiger partial charge in [-0.25, -0.2) is 9.78 Å². The largest absolute Gasteiger partial charge is 0.438 e. The fraction of sp³-hybridized carbons (Fsp3) is 0.444. The summed E-state index contributed by atoms with van der Waals surface area (Å²) in [6, 6.07) is 1.80. The maximum atomic E-state index is 12.5. The molecule has 0 aliphatic carbocycles. The maximum absolute atomic E-state index is 12.5. The maximum Gasteiger partial charge on any atom is 0.408 e. The van der Waals surface area contributed by atoms with E-state index in [9.17, 15) is 9.59 Å². The van der Waals surface area contributed by atoms with Crippen LogP contribution in [0.3, 0.4) is 0 Å². The molecule has 0 aromatic carbocycles. The predicted molar refractivity (Wildman–Crippen MR) is 103 cm³/mol. The Bertz CT molecular complexity index is 999. The molecule has 3 aromatic heterocycles. The second-order valence-electron chi connectivity index (χ2n) is 7.63. The molecule has 2 N–H and O–H groups in total. The van der Waals surface area contributed by atoms with Crippen molar-refractivity contribution in [2.24, 2.45) is 5.92 Å². The van der Waals surface area contributed by atoms with Gasteiger partial charge in [0, 0.05) is 10.4 Å². The fourth-order valence-corrected chi connectivity index (χ4v) is 3.48. The van der Waals surface area contributed by atoms with E-state index in [4.69, 9.17) is 9.26 Å². The number of alkyl carbamates (subject to hydrolysis) is 1. The van der Waals surface area contributed by atoms with Gasteiger partial charge in [-0.2, -0.15) is 0 Å². The van der Waals surface area contributed by atoms with Crippen LogP contribution >= 0.6 is 11.3 Å². The zero-order chi connectivity index (χ0) is 19.8. The second-order valence-corrected chi connectivity index (χ2v) is 8.69. The number of aromatic nitrogens is 3. The number of aromatic amines is 1. The monoisotopic (exact) mass is 390 g/mol. The van der Waals surface area contributed by atoms with Crippen LogP contribution in [0.5, 0.6) is 0 Å². The molecule has 0 spiro atoms. The Morgan fingerprint density at radius 2 is 2.11 bits per heavy atom. The lowest BCUT2D eigenvalue weighted by atomic mass is 10.1. The molecule has 1 amide bonds. The Morgan fingerprint density at radius 3 is 2.70 bits per heavy atom. The van der Waals surface area contributed by atoms with Gasteiger partial charge in [0.05, 0.1) is 17.3 Å². The molecule has 0 aliphatic heterocycles. The van der Waals surface area contributed by atoms with E-state index >= 15 is 0 Å². The smallest absolute Gasteiger partial charge is 0.408 e. The van der Waals surface area contributed by atoms with Gasteiger partial charge in [0.2, 0.25) is 0 Å². The van der Waals surface area contributed by atoms with Crippen LogP contribution in [0.4, 0.5) is 4.79 Å². The molecule has 3 aromatic rings. The third kappa shape index (κ3) is 4.36. The number of ether oxygens (including phenoxy) is 1. The number of hydrogen-bond acceptors (Lipinski definition) is 7. The predicted octanol–water partition coefficient (Wildman–Crippen LogP) is 3.86. The summed E-state index contributed by atoms with van der Waals surface area (Å²) in [6.07, 6.45) is 1.86. The third-order valence-corrected chi connectivity index (χ3v) is 4.88. The summed E-state index contributed by atoms with van der Waals surface area (Å²) in [7, 11) is 0. The molecule has 0 aliphatic rings. The van der Waals surface area contributed by atoms with E-state index in [1.165, 1.54) is 17.6 Å². The topological polar surface area (TPSA) is 110 Å². The highest BCUT2D eigenvalue weighted by Crippen LogP contribution is 2.32. The Balaban J connectivity index is 1.95. The van der Waals surface area contributed by atoms with Crippen molar-refractivity contribution in [1.82, 2.24) is 20.4 Å². The van der Waals surface area contributed by atoms with Gasteiger partial charge >= 0.3 is 6.09 Å². The van der Waals surface area contributed by atoms with Crippen LogP contribution in [0.25, 0.3) is 20.7 Å². The van der Waals surface area contributed by atoms with Crippen molar-refractivity contribution in [3.63, 3.8) is 0 Å². The van der Waals surface area contributed by atoms with Gasteiger partial charge in [-0.15, -0.1) is 11.3 Å². The minimum Gasteiger partial charge on any atom is -0.438 e. The summed E-state index contributed by atoms with van der Waals surface area (Å²) < 4.78 is 10.9. The second kappa shape index (κ2) is 7.15. The number of nitrogens with zero attached hydrogens (tertiary/aromatic N) is 2. The van der Waals surface area contributed by atoms with Crippen molar-refractivity contribution in [1.29, 1.82) is 0 Å². The molecule has 0 saturated carbocycles. The van der Waals surface area contributed by atoms with Gasteiger partial charge in [-0.05, 0) is 32.8 Å². The lowest BCUT2D eigenvalue weighted by Gasteiger charge is -2.25. The van der Waals surface area contributed by atoms with E-state index in [-0.39, 0.29) is 11.5 Å². The number of rotatable bonds is 4. The lowest BCUT2D eigenvalue weighted by Crippen LogP contribution is -2.42. The summed E-state index contributed by atoms with van der Waals surface area (Å²) in [4.78, 5) is 32.9. The highest BCUT2D eigenvalue weighted by molar-refractivity contribution is 7.22. The van der Waals surface area contributed by atoms with Crippen molar-refractivity contribution in [3.05, 3.63) is 34.7 Å². The number of carbonyl (C=O) groups excluding carboxylic acids is 1. The van der Waals surface area contributed by atoms with Gasteiger partial charge in [-0.3, -0.25) is 4.79 Å². The number of hydrogen-bond donors (Lipinski definition) is 2. The van der Waals surface area contributed by atoms with Crippen molar-refractivity contribution in [3.8, 4) is 10.4 Å². The highest BCUT2D eigenvalue weighted by Gasteiger charge is 2.26. The Hall–Kier alpha value is -2.68. The van der Waals surface area contributed by atoms with Crippen LogP contribution in [0.2, 0.25) is 0 Å². The fourth-order valence-electron chi connectivity index (χ4n) is 2.52. The van der Waals surface area contributed by atoms with Crippen LogP contribution in [-0.2, 0) is 4.74 Å². The molecule has 0 unspecified atom stereocenters. The Labute approximate surface area is 159 Å². The quantitative estimate of drug-likeness (QED) is 0.700. The van der Waals surface area contributed by atoms with Gasteiger partial charge in [0.15, 0.2) is 11.9 Å². The molecule has 0 saturated heterocycles. The van der Waals surface area contributed by atoms with E-state index in [1.807, 2.05) is 34.6 Å². The molecular formula is C18H22N4O4S. The third-order valence-electron chi connectivity index (χ3n) is 3.70. The van der Waals surface area contributed by atoms with Gasteiger partial charge in [-0.1, -0.05) is 19.0 Å². The first kappa shape index (κ1) is 19.1. The zero-order valence-electron chi connectivity index (χ0n) is 15.8. The molecule has 8 nitrogen and oxygen atoms in total. The van der Waals surface area contributed by atoms with Gasteiger partial charge < -0.3 is 19.6 Å². The SMILES string of the molecule is CC(C)[C@H](OC(=O)NC(C)(C)C)c1nc2cc(-c3cnoc3)sc2c(=O)[nH]1. The van der Waals surface area contributed by atoms with E-state index in [0.717, 1.165) is 10.4 Å². The van der Waals surface area contributed by atoms with E-state index in [2.05, 4.69) is 20.4 Å². The first-order chi connectivity index (χ1) is 12.6. The summed E-state index contributed by atoms with van der Waals surface area (Å²) in [5.74, 6) is 0.244. The Kier molecular flexibility index (Phi) is 5.05. The van der Waals surface area contributed by atoms with E-state index in [0.29, 0.717) is 16.0 Å². The number of thiophene rings is 1. The number of nitrogens with one attached hydrogen (secondary N) is 2. The summed E-state index contributed by atoms with van der Waals surface area (Å²) in [6.45, 7) is 9.39. The molecule has 27 heavy (non-hydrogen) atoms. The number of H-pyrrole nitrogens is 1. The van der Waals surface area contributed by atoms with Gasteiger partial charge in [0.1, 0.15) is 11.0 Å². The van der Waals surface area contributed by atoms with Crippen molar-refractivity contribution in [2.45, 2.75) is 46.3 Å². The van der Waals surface area contributed by atoms with Crippen molar-refractivity contribution in [2.75, 3.05) is 0 Å². The number of fused-ring (bicyclic) bond motifs is 1. The van der Waals surface area contributed by atoms with Crippen LogP contribution in [0.15, 0.2) is 27.8 Å². The first-order valence-corrected chi connectivity index (χ1v) is 9.38. The minimum absolute atomic E-state index is 0.0764. The number of amides is 1.